The minimum Gasteiger partial charge on any atom is -0.397 e. The molecule has 0 aliphatic carbocycles. The summed E-state index contributed by atoms with van der Waals surface area (Å²) >= 11 is 7.28. The molecule has 0 spiro atoms. The van der Waals surface area contributed by atoms with Gasteiger partial charge < -0.3 is 5.73 Å². The lowest BCUT2D eigenvalue weighted by molar-refractivity contribution is 0.104. The van der Waals surface area contributed by atoms with Crippen molar-refractivity contribution < 1.29 is 4.79 Å². The van der Waals surface area contributed by atoms with Crippen molar-refractivity contribution in [2.24, 2.45) is 0 Å². The molecule has 0 aliphatic rings. The van der Waals surface area contributed by atoms with E-state index in [0.29, 0.717) is 21.2 Å². The van der Waals surface area contributed by atoms with E-state index < -0.39 is 0 Å². The molecule has 0 bridgehead atoms. The summed E-state index contributed by atoms with van der Waals surface area (Å²) in [5.74, 6) is -0.147. The van der Waals surface area contributed by atoms with Crippen molar-refractivity contribution in [2.75, 3.05) is 5.73 Å². The third kappa shape index (κ3) is 2.88. The molecule has 0 saturated carbocycles. The molecule has 0 saturated heterocycles. The highest BCUT2D eigenvalue weighted by Crippen LogP contribution is 2.35. The normalized spacial score (nSPS) is 10.9. The van der Waals surface area contributed by atoms with Gasteiger partial charge in [-0.3, -0.25) is 9.78 Å². The highest BCUT2D eigenvalue weighted by atomic mass is 35.5. The maximum absolute atomic E-state index is 12.8. The minimum absolute atomic E-state index is 0.147. The molecule has 4 nitrogen and oxygen atoms in total. The van der Waals surface area contributed by atoms with Gasteiger partial charge in [-0.2, -0.15) is 0 Å². The number of anilines is 1. The van der Waals surface area contributed by atoms with Crippen LogP contribution in [0.3, 0.4) is 0 Å². The number of nitrogens with zero attached hydrogens (tertiary/aromatic N) is 2. The number of fused-ring (bicyclic) bond motifs is 1. The van der Waals surface area contributed by atoms with Crippen LogP contribution < -0.4 is 5.73 Å². The summed E-state index contributed by atoms with van der Waals surface area (Å²) in [4.78, 5) is 22.7. The average molecular weight is 366 g/mol. The highest BCUT2D eigenvalue weighted by molar-refractivity contribution is 7.21. The number of rotatable bonds is 3. The number of hydrogen-bond acceptors (Lipinski definition) is 5. The molecule has 3 heterocycles. The predicted octanol–water partition coefficient (Wildman–Crippen LogP) is 4.82. The van der Waals surface area contributed by atoms with E-state index in [0.717, 1.165) is 21.5 Å². The van der Waals surface area contributed by atoms with Gasteiger partial charge in [0.15, 0.2) is 0 Å². The molecular formula is C19H12ClN3OS. The number of nitrogens with two attached hydrogens (primary N) is 1. The predicted molar refractivity (Wildman–Crippen MR) is 102 cm³/mol. The fraction of sp³-hybridized carbons (Fsp3) is 0. The van der Waals surface area contributed by atoms with Crippen LogP contribution in [-0.2, 0) is 0 Å². The van der Waals surface area contributed by atoms with Gasteiger partial charge in [-0.05, 0) is 36.4 Å². The molecular weight excluding hydrogens is 354 g/mol. The summed E-state index contributed by atoms with van der Waals surface area (Å²) in [5, 5.41) is 1.30. The first kappa shape index (κ1) is 15.7. The molecule has 25 heavy (non-hydrogen) atoms. The van der Waals surface area contributed by atoms with Crippen LogP contribution in [0.15, 0.2) is 60.9 Å². The molecule has 0 amide bonds. The molecule has 3 aromatic heterocycles. The molecule has 122 valence electrons. The van der Waals surface area contributed by atoms with Gasteiger partial charge in [0, 0.05) is 33.9 Å². The number of benzene rings is 1. The number of pyridine rings is 2. The number of hydrogen-bond donors (Lipinski definition) is 1. The lowest BCUT2D eigenvalue weighted by atomic mass is 10.1. The smallest absolute Gasteiger partial charge is 0.205 e. The van der Waals surface area contributed by atoms with Gasteiger partial charge in [0.2, 0.25) is 5.78 Å². The number of carbonyl (C=O) groups excluding carboxylic acids is 1. The van der Waals surface area contributed by atoms with Crippen molar-refractivity contribution in [1.82, 2.24) is 9.97 Å². The van der Waals surface area contributed by atoms with E-state index in [1.807, 2.05) is 24.3 Å². The Morgan fingerprint density at radius 2 is 2.00 bits per heavy atom. The first-order valence-corrected chi connectivity index (χ1v) is 8.72. The second kappa shape index (κ2) is 6.27. The van der Waals surface area contributed by atoms with Gasteiger partial charge in [0.25, 0.3) is 0 Å². The van der Waals surface area contributed by atoms with Gasteiger partial charge >= 0.3 is 0 Å². The Kier molecular flexibility index (Phi) is 3.95. The van der Waals surface area contributed by atoms with E-state index in [9.17, 15) is 4.79 Å². The summed E-state index contributed by atoms with van der Waals surface area (Å²) in [6.45, 7) is 0. The van der Waals surface area contributed by atoms with Crippen molar-refractivity contribution in [3.05, 3.63) is 76.4 Å². The van der Waals surface area contributed by atoms with Gasteiger partial charge in [0.05, 0.1) is 11.4 Å². The second-order valence-electron chi connectivity index (χ2n) is 5.48. The number of carbonyl (C=O) groups is 1. The van der Waals surface area contributed by atoms with Crippen LogP contribution in [0, 0.1) is 0 Å². The third-order valence-electron chi connectivity index (χ3n) is 3.84. The van der Waals surface area contributed by atoms with Crippen molar-refractivity contribution in [1.29, 1.82) is 0 Å². The van der Waals surface area contributed by atoms with Crippen LogP contribution in [-0.4, -0.2) is 15.8 Å². The largest absolute Gasteiger partial charge is 0.397 e. The average Bonchev–Trinajstić information content (AvgIpc) is 2.98. The minimum atomic E-state index is -0.147. The SMILES string of the molecule is Nc1c(C(=O)c2cccc(Cl)c2)sc2nc(-c3cccnc3)ccc12. The van der Waals surface area contributed by atoms with Crippen LogP contribution >= 0.6 is 22.9 Å². The van der Waals surface area contributed by atoms with Gasteiger partial charge in [-0.1, -0.05) is 23.7 Å². The fourth-order valence-corrected chi connectivity index (χ4v) is 3.85. The molecule has 4 rings (SSSR count). The summed E-state index contributed by atoms with van der Waals surface area (Å²) in [6.07, 6.45) is 3.47. The Morgan fingerprint density at radius 3 is 2.76 bits per heavy atom. The number of ketones is 1. The molecule has 1 aromatic carbocycles. The van der Waals surface area contributed by atoms with Crippen molar-refractivity contribution in [3.63, 3.8) is 0 Å². The topological polar surface area (TPSA) is 68.9 Å². The lowest BCUT2D eigenvalue weighted by Gasteiger charge is -2.00. The van der Waals surface area contributed by atoms with Crippen molar-refractivity contribution in [3.8, 4) is 11.3 Å². The Hall–Kier alpha value is -2.76. The number of thiophene rings is 1. The molecule has 2 N–H and O–H groups in total. The van der Waals surface area contributed by atoms with Crippen LogP contribution in [0.4, 0.5) is 5.69 Å². The van der Waals surface area contributed by atoms with Crippen LogP contribution in [0.25, 0.3) is 21.5 Å². The van der Waals surface area contributed by atoms with Gasteiger partial charge in [0.1, 0.15) is 9.71 Å². The lowest BCUT2D eigenvalue weighted by Crippen LogP contribution is -2.01. The Balaban J connectivity index is 1.81. The molecule has 0 fully saturated rings. The third-order valence-corrected chi connectivity index (χ3v) is 5.19. The number of halogens is 1. The first-order chi connectivity index (χ1) is 12.1. The van der Waals surface area contributed by atoms with E-state index in [1.54, 1.807) is 36.7 Å². The fourth-order valence-electron chi connectivity index (χ4n) is 2.60. The molecule has 0 radical (unpaired) electrons. The Labute approximate surface area is 152 Å². The first-order valence-electron chi connectivity index (χ1n) is 7.53. The summed E-state index contributed by atoms with van der Waals surface area (Å²) in [6, 6.07) is 14.4. The molecule has 6 heteroatoms. The molecule has 4 aromatic rings. The van der Waals surface area contributed by atoms with Crippen LogP contribution in [0.5, 0.6) is 0 Å². The number of aromatic nitrogens is 2. The molecule has 0 atom stereocenters. The zero-order valence-electron chi connectivity index (χ0n) is 12.9. The quantitative estimate of drug-likeness (QED) is 0.528. The van der Waals surface area contributed by atoms with Gasteiger partial charge in [-0.15, -0.1) is 11.3 Å². The van der Waals surface area contributed by atoms with E-state index in [-0.39, 0.29) is 5.78 Å². The summed E-state index contributed by atoms with van der Waals surface area (Å²) < 4.78 is 0. The monoisotopic (exact) mass is 365 g/mol. The maximum atomic E-state index is 12.8. The zero-order valence-corrected chi connectivity index (χ0v) is 14.5. The van der Waals surface area contributed by atoms with E-state index in [1.165, 1.54) is 11.3 Å². The van der Waals surface area contributed by atoms with E-state index >= 15 is 0 Å². The summed E-state index contributed by atoms with van der Waals surface area (Å²) in [5.41, 5.74) is 8.89. The zero-order chi connectivity index (χ0) is 17.4. The molecule has 0 unspecified atom stereocenters. The Bertz CT molecular complexity index is 1090. The second-order valence-corrected chi connectivity index (χ2v) is 6.91. The standard InChI is InChI=1S/C19H12ClN3OS/c20-13-5-1-3-11(9-13)17(24)18-16(21)14-6-7-15(23-19(14)25-18)12-4-2-8-22-10-12/h1-10H,21H2. The molecule has 0 aliphatic heterocycles. The van der Waals surface area contributed by atoms with E-state index in [4.69, 9.17) is 17.3 Å². The van der Waals surface area contributed by atoms with Crippen LogP contribution in [0.2, 0.25) is 5.02 Å². The number of nitrogen functional groups attached to an aromatic ring is 1. The van der Waals surface area contributed by atoms with Crippen molar-refractivity contribution in [2.45, 2.75) is 0 Å². The van der Waals surface area contributed by atoms with E-state index in [2.05, 4.69) is 9.97 Å². The van der Waals surface area contributed by atoms with Crippen LogP contribution in [0.1, 0.15) is 15.2 Å². The van der Waals surface area contributed by atoms with Gasteiger partial charge in [-0.25, -0.2) is 4.98 Å². The Morgan fingerprint density at radius 1 is 1.12 bits per heavy atom. The maximum Gasteiger partial charge on any atom is 0.205 e. The van der Waals surface area contributed by atoms with Crippen molar-refractivity contribution >= 4 is 44.6 Å². The summed E-state index contributed by atoms with van der Waals surface area (Å²) in [7, 11) is 0. The highest BCUT2D eigenvalue weighted by Gasteiger charge is 2.19.